The molecular weight excluding hydrogens is 210 g/mol. The molecule has 0 aliphatic carbocycles. The highest BCUT2D eigenvalue weighted by atomic mass is 32.2. The lowest BCUT2D eigenvalue weighted by molar-refractivity contribution is -0.115. The number of carbonyl (C=O) groups is 1. The van der Waals surface area contributed by atoms with E-state index in [1.807, 2.05) is 24.5 Å². The smallest absolute Gasteiger partial charge is 0.242 e. The van der Waals surface area contributed by atoms with Gasteiger partial charge in [0.2, 0.25) is 5.91 Å². The number of furan rings is 1. The van der Waals surface area contributed by atoms with Gasteiger partial charge in [-0.05, 0) is 24.5 Å². The summed E-state index contributed by atoms with van der Waals surface area (Å²) in [7, 11) is 0. The molecule has 2 aromatic rings. The van der Waals surface area contributed by atoms with Crippen molar-refractivity contribution in [3.63, 3.8) is 0 Å². The Hall–Kier alpha value is -1.42. The van der Waals surface area contributed by atoms with Crippen LogP contribution in [0.5, 0.6) is 0 Å². The lowest BCUT2D eigenvalue weighted by Gasteiger charge is -2.04. The number of carbonyl (C=O) groups excluding carboxylic acids is 1. The lowest BCUT2D eigenvalue weighted by Crippen LogP contribution is -2.08. The summed E-state index contributed by atoms with van der Waals surface area (Å²) >= 11 is 1.55. The second-order valence-electron chi connectivity index (χ2n) is 3.46. The third-order valence-electron chi connectivity index (χ3n) is 2.67. The first-order valence-electron chi connectivity index (χ1n) is 4.65. The van der Waals surface area contributed by atoms with Gasteiger partial charge in [-0.1, -0.05) is 0 Å². The van der Waals surface area contributed by atoms with E-state index in [0.29, 0.717) is 0 Å². The lowest BCUT2D eigenvalue weighted by atomic mass is 10.1. The third kappa shape index (κ3) is 1.11. The maximum atomic E-state index is 11.7. The van der Waals surface area contributed by atoms with E-state index >= 15 is 0 Å². The summed E-state index contributed by atoms with van der Waals surface area (Å²) in [6.07, 6.45) is 3.60. The first kappa shape index (κ1) is 8.85. The topological polar surface area (TPSA) is 42.2 Å². The van der Waals surface area contributed by atoms with Crippen LogP contribution < -0.4 is 5.32 Å². The van der Waals surface area contributed by atoms with E-state index in [4.69, 9.17) is 4.42 Å². The van der Waals surface area contributed by atoms with Crippen molar-refractivity contribution >= 4 is 34.3 Å². The fourth-order valence-electron chi connectivity index (χ4n) is 2.01. The molecule has 0 bridgehead atoms. The normalized spacial score (nSPS) is 19.3. The van der Waals surface area contributed by atoms with Gasteiger partial charge in [0.1, 0.15) is 10.8 Å². The molecule has 1 aromatic heterocycles. The molecular formula is C11H9NO2S. The van der Waals surface area contributed by atoms with E-state index in [9.17, 15) is 4.79 Å². The van der Waals surface area contributed by atoms with Crippen molar-refractivity contribution in [1.82, 2.24) is 0 Å². The molecule has 3 rings (SSSR count). The van der Waals surface area contributed by atoms with Crippen molar-refractivity contribution in [2.24, 2.45) is 0 Å². The van der Waals surface area contributed by atoms with Gasteiger partial charge in [0.05, 0.1) is 6.26 Å². The van der Waals surface area contributed by atoms with Crippen LogP contribution in [-0.2, 0) is 4.79 Å². The summed E-state index contributed by atoms with van der Waals surface area (Å²) < 4.78 is 5.32. The van der Waals surface area contributed by atoms with Crippen LogP contribution in [0.2, 0.25) is 0 Å². The van der Waals surface area contributed by atoms with Gasteiger partial charge < -0.3 is 9.73 Å². The Morgan fingerprint density at radius 1 is 1.40 bits per heavy atom. The number of benzene rings is 1. The van der Waals surface area contributed by atoms with Crippen molar-refractivity contribution in [2.45, 2.75) is 5.25 Å². The largest absolute Gasteiger partial charge is 0.464 e. The van der Waals surface area contributed by atoms with Gasteiger partial charge >= 0.3 is 0 Å². The van der Waals surface area contributed by atoms with E-state index < -0.39 is 0 Å². The Labute approximate surface area is 90.8 Å². The summed E-state index contributed by atoms with van der Waals surface area (Å²) in [5.41, 5.74) is 2.80. The number of hydrogen-bond acceptors (Lipinski definition) is 3. The quantitative estimate of drug-likeness (QED) is 0.801. The Balaban J connectivity index is 2.34. The number of nitrogens with one attached hydrogen (secondary N) is 1. The summed E-state index contributed by atoms with van der Waals surface area (Å²) in [4.78, 5) is 11.7. The maximum Gasteiger partial charge on any atom is 0.242 e. The molecule has 0 saturated heterocycles. The van der Waals surface area contributed by atoms with Gasteiger partial charge in [0.15, 0.2) is 0 Å². The molecule has 0 saturated carbocycles. The number of fused-ring (bicyclic) bond motifs is 3. The highest BCUT2D eigenvalue weighted by Crippen LogP contribution is 2.43. The van der Waals surface area contributed by atoms with Crippen LogP contribution >= 0.6 is 11.8 Å². The predicted octanol–water partition coefficient (Wildman–Crippen LogP) is 2.79. The van der Waals surface area contributed by atoms with Crippen LogP contribution in [0.3, 0.4) is 0 Å². The minimum Gasteiger partial charge on any atom is -0.464 e. The Morgan fingerprint density at radius 2 is 2.27 bits per heavy atom. The number of rotatable bonds is 1. The van der Waals surface area contributed by atoms with Crippen molar-refractivity contribution in [3.8, 4) is 0 Å². The van der Waals surface area contributed by atoms with Gasteiger partial charge in [-0.2, -0.15) is 0 Å². The fourth-order valence-corrected chi connectivity index (χ4v) is 2.77. The molecule has 1 aliphatic heterocycles. The van der Waals surface area contributed by atoms with E-state index in [2.05, 4.69) is 5.32 Å². The van der Waals surface area contributed by atoms with Crippen molar-refractivity contribution < 1.29 is 9.21 Å². The summed E-state index contributed by atoms with van der Waals surface area (Å²) in [6.45, 7) is 0. The van der Waals surface area contributed by atoms with Crippen LogP contribution in [0.1, 0.15) is 10.8 Å². The molecule has 1 aliphatic rings. The molecule has 1 amide bonds. The molecule has 15 heavy (non-hydrogen) atoms. The van der Waals surface area contributed by atoms with Gasteiger partial charge in [-0.15, -0.1) is 11.8 Å². The van der Waals surface area contributed by atoms with Crippen LogP contribution in [0.4, 0.5) is 5.69 Å². The second kappa shape index (κ2) is 3.03. The van der Waals surface area contributed by atoms with Crippen LogP contribution in [0, 0.1) is 0 Å². The van der Waals surface area contributed by atoms with Gasteiger partial charge in [0, 0.05) is 16.6 Å². The summed E-state index contributed by atoms with van der Waals surface area (Å²) in [6, 6.07) is 5.70. The number of anilines is 1. The van der Waals surface area contributed by atoms with Gasteiger partial charge in [-0.25, -0.2) is 0 Å². The van der Waals surface area contributed by atoms with Gasteiger partial charge in [-0.3, -0.25) is 4.79 Å². The summed E-state index contributed by atoms with van der Waals surface area (Å²) in [5, 5.41) is 3.80. The molecule has 1 unspecified atom stereocenters. The van der Waals surface area contributed by atoms with Crippen LogP contribution in [0.15, 0.2) is 28.9 Å². The SMILES string of the molecule is CSC1C(=O)Nc2ccc3occc3c21. The number of hydrogen-bond donors (Lipinski definition) is 1. The highest BCUT2D eigenvalue weighted by Gasteiger charge is 2.31. The minimum atomic E-state index is -0.110. The molecule has 76 valence electrons. The number of amides is 1. The zero-order valence-electron chi connectivity index (χ0n) is 8.11. The summed E-state index contributed by atoms with van der Waals surface area (Å²) in [5.74, 6) is 0.0613. The average Bonchev–Trinajstić information content (AvgIpc) is 2.78. The molecule has 1 atom stereocenters. The van der Waals surface area contributed by atoms with E-state index in [0.717, 1.165) is 22.2 Å². The second-order valence-corrected chi connectivity index (χ2v) is 4.41. The fraction of sp³-hybridized carbons (Fsp3) is 0.182. The third-order valence-corrected chi connectivity index (χ3v) is 3.59. The molecule has 4 heteroatoms. The number of thioether (sulfide) groups is 1. The highest BCUT2D eigenvalue weighted by molar-refractivity contribution is 7.99. The Morgan fingerprint density at radius 3 is 3.07 bits per heavy atom. The van der Waals surface area contributed by atoms with Crippen molar-refractivity contribution in [2.75, 3.05) is 11.6 Å². The zero-order chi connectivity index (χ0) is 10.4. The monoisotopic (exact) mass is 219 g/mol. The molecule has 2 heterocycles. The Bertz CT molecular complexity index is 547. The first-order valence-corrected chi connectivity index (χ1v) is 5.94. The van der Waals surface area contributed by atoms with E-state index in [1.54, 1.807) is 18.0 Å². The standard InChI is InChI=1S/C11H9NO2S/c1-15-10-9-6-4-5-14-8(6)3-2-7(9)12-11(10)13/h2-5,10H,1H3,(H,12,13). The Kier molecular flexibility index (Phi) is 1.79. The van der Waals surface area contributed by atoms with Crippen molar-refractivity contribution in [1.29, 1.82) is 0 Å². The van der Waals surface area contributed by atoms with Crippen LogP contribution in [-0.4, -0.2) is 12.2 Å². The zero-order valence-corrected chi connectivity index (χ0v) is 8.93. The maximum absolute atomic E-state index is 11.7. The molecule has 0 spiro atoms. The molecule has 3 nitrogen and oxygen atoms in total. The molecule has 1 aromatic carbocycles. The first-order chi connectivity index (χ1) is 7.31. The predicted molar refractivity (Wildman–Crippen MR) is 61.1 cm³/mol. The van der Waals surface area contributed by atoms with E-state index in [-0.39, 0.29) is 11.2 Å². The van der Waals surface area contributed by atoms with Gasteiger partial charge in [0.25, 0.3) is 0 Å². The van der Waals surface area contributed by atoms with E-state index in [1.165, 1.54) is 0 Å². The molecule has 0 radical (unpaired) electrons. The average molecular weight is 219 g/mol. The van der Waals surface area contributed by atoms with Crippen LogP contribution in [0.25, 0.3) is 11.0 Å². The molecule has 1 N–H and O–H groups in total. The van der Waals surface area contributed by atoms with Crippen molar-refractivity contribution in [3.05, 3.63) is 30.0 Å². The molecule has 0 fully saturated rings. The minimum absolute atomic E-state index is 0.0613.